The van der Waals surface area contributed by atoms with Gasteiger partial charge in [0.2, 0.25) is 5.91 Å². The Morgan fingerprint density at radius 3 is 2.60 bits per heavy atom. The first kappa shape index (κ1) is 17.7. The van der Waals surface area contributed by atoms with Crippen LogP contribution in [0.4, 0.5) is 10.1 Å². The third-order valence-corrected chi connectivity index (χ3v) is 4.62. The van der Waals surface area contributed by atoms with Gasteiger partial charge in [0, 0.05) is 36.1 Å². The molecule has 2 amide bonds. The fourth-order valence-corrected chi connectivity index (χ4v) is 3.29. The number of amides is 2. The van der Waals surface area contributed by atoms with Gasteiger partial charge in [-0.3, -0.25) is 9.59 Å². The summed E-state index contributed by atoms with van der Waals surface area (Å²) in [5.41, 5.74) is 0.992. The van der Waals surface area contributed by atoms with Crippen molar-refractivity contribution in [2.24, 2.45) is 5.92 Å². The maximum atomic E-state index is 13.0. The van der Waals surface area contributed by atoms with Crippen molar-refractivity contribution >= 4 is 40.7 Å². The Morgan fingerprint density at radius 2 is 1.92 bits per heavy atom. The number of nitrogens with zero attached hydrogens (tertiary/aromatic N) is 1. The SMILES string of the molecule is O=C(NC[C@H]1CC(=O)N(c2ccc(F)cc2)C1)c1ccc(Cl)cc1Cl. The van der Waals surface area contributed by atoms with Crippen LogP contribution in [0, 0.1) is 11.7 Å². The molecule has 0 unspecified atom stereocenters. The summed E-state index contributed by atoms with van der Waals surface area (Å²) in [6, 6.07) is 10.4. The van der Waals surface area contributed by atoms with Crippen LogP contribution in [0.25, 0.3) is 0 Å². The van der Waals surface area contributed by atoms with Gasteiger partial charge in [0.25, 0.3) is 5.91 Å². The largest absolute Gasteiger partial charge is 0.352 e. The number of carbonyl (C=O) groups is 2. The Labute approximate surface area is 154 Å². The fraction of sp³-hybridized carbons (Fsp3) is 0.222. The number of halogens is 3. The van der Waals surface area contributed by atoms with E-state index in [1.54, 1.807) is 29.2 Å². The third kappa shape index (κ3) is 4.11. The van der Waals surface area contributed by atoms with Crippen LogP contribution < -0.4 is 10.2 Å². The molecule has 0 spiro atoms. The van der Waals surface area contributed by atoms with Crippen LogP contribution in [0.15, 0.2) is 42.5 Å². The minimum Gasteiger partial charge on any atom is -0.352 e. The minimum atomic E-state index is -0.348. The van der Waals surface area contributed by atoms with E-state index in [1.165, 1.54) is 18.2 Å². The van der Waals surface area contributed by atoms with E-state index in [4.69, 9.17) is 23.2 Å². The quantitative estimate of drug-likeness (QED) is 0.873. The molecule has 1 N–H and O–H groups in total. The van der Waals surface area contributed by atoms with Crippen LogP contribution in [0.2, 0.25) is 10.0 Å². The Kier molecular flexibility index (Phi) is 5.25. The molecule has 0 aromatic heterocycles. The van der Waals surface area contributed by atoms with Crippen molar-refractivity contribution in [3.8, 4) is 0 Å². The van der Waals surface area contributed by atoms with Gasteiger partial charge >= 0.3 is 0 Å². The zero-order chi connectivity index (χ0) is 18.0. The second kappa shape index (κ2) is 7.42. The van der Waals surface area contributed by atoms with Crippen molar-refractivity contribution in [3.63, 3.8) is 0 Å². The van der Waals surface area contributed by atoms with Gasteiger partial charge in [-0.15, -0.1) is 0 Å². The molecule has 1 saturated heterocycles. The zero-order valence-corrected chi connectivity index (χ0v) is 14.6. The lowest BCUT2D eigenvalue weighted by molar-refractivity contribution is -0.117. The van der Waals surface area contributed by atoms with Gasteiger partial charge in [-0.05, 0) is 42.5 Å². The first-order chi connectivity index (χ1) is 11.9. The van der Waals surface area contributed by atoms with E-state index in [9.17, 15) is 14.0 Å². The predicted molar refractivity (Wildman–Crippen MR) is 95.7 cm³/mol. The molecule has 0 radical (unpaired) electrons. The number of hydrogen-bond acceptors (Lipinski definition) is 2. The van der Waals surface area contributed by atoms with Crippen molar-refractivity contribution < 1.29 is 14.0 Å². The highest BCUT2D eigenvalue weighted by Gasteiger charge is 2.30. The predicted octanol–water partition coefficient (Wildman–Crippen LogP) is 3.92. The fourth-order valence-electron chi connectivity index (χ4n) is 2.79. The van der Waals surface area contributed by atoms with Crippen molar-refractivity contribution in [1.29, 1.82) is 0 Å². The van der Waals surface area contributed by atoms with Crippen LogP contribution in [-0.4, -0.2) is 24.9 Å². The number of hydrogen-bond donors (Lipinski definition) is 1. The average molecular weight is 381 g/mol. The molecule has 1 heterocycles. The minimum absolute atomic E-state index is 0.0208. The number of anilines is 1. The normalized spacial score (nSPS) is 17.0. The van der Waals surface area contributed by atoms with Crippen molar-refractivity contribution in [3.05, 3.63) is 63.9 Å². The molecule has 3 rings (SSSR count). The van der Waals surface area contributed by atoms with Gasteiger partial charge in [0.15, 0.2) is 0 Å². The smallest absolute Gasteiger partial charge is 0.252 e. The van der Waals surface area contributed by atoms with Crippen LogP contribution in [0.5, 0.6) is 0 Å². The molecule has 1 aliphatic rings. The molecule has 1 aliphatic heterocycles. The summed E-state index contributed by atoms with van der Waals surface area (Å²) in [6.45, 7) is 0.820. The lowest BCUT2D eigenvalue weighted by Crippen LogP contribution is -2.31. The highest BCUT2D eigenvalue weighted by molar-refractivity contribution is 6.36. The van der Waals surface area contributed by atoms with Gasteiger partial charge in [0.1, 0.15) is 5.82 Å². The lowest BCUT2D eigenvalue weighted by Gasteiger charge is -2.17. The molecule has 0 saturated carbocycles. The van der Waals surface area contributed by atoms with Gasteiger partial charge in [0.05, 0.1) is 10.6 Å². The summed E-state index contributed by atoms with van der Waals surface area (Å²) < 4.78 is 13.0. The second-order valence-electron chi connectivity index (χ2n) is 5.89. The van der Waals surface area contributed by atoms with Crippen LogP contribution in [0.1, 0.15) is 16.8 Å². The van der Waals surface area contributed by atoms with Crippen LogP contribution in [0.3, 0.4) is 0 Å². The van der Waals surface area contributed by atoms with Gasteiger partial charge < -0.3 is 10.2 Å². The van der Waals surface area contributed by atoms with E-state index in [0.29, 0.717) is 35.8 Å². The Morgan fingerprint density at radius 1 is 1.20 bits per heavy atom. The van der Waals surface area contributed by atoms with E-state index in [2.05, 4.69) is 5.32 Å². The van der Waals surface area contributed by atoms with Gasteiger partial charge in [-0.2, -0.15) is 0 Å². The number of carbonyl (C=O) groups excluding carboxylic acids is 2. The van der Waals surface area contributed by atoms with E-state index in [1.807, 2.05) is 0 Å². The molecular weight excluding hydrogens is 366 g/mol. The molecule has 4 nitrogen and oxygen atoms in total. The lowest BCUT2D eigenvalue weighted by atomic mass is 10.1. The molecule has 1 fully saturated rings. The molecular formula is C18H15Cl2FN2O2. The third-order valence-electron chi connectivity index (χ3n) is 4.07. The molecule has 2 aromatic carbocycles. The van der Waals surface area contributed by atoms with E-state index < -0.39 is 0 Å². The van der Waals surface area contributed by atoms with Crippen molar-refractivity contribution in [1.82, 2.24) is 5.32 Å². The van der Waals surface area contributed by atoms with Crippen LogP contribution >= 0.6 is 23.2 Å². The monoisotopic (exact) mass is 380 g/mol. The standard InChI is InChI=1S/C18H15Cl2FN2O2/c19-12-1-6-15(16(20)8-12)18(25)22-9-11-7-17(24)23(10-11)14-4-2-13(21)3-5-14/h1-6,8,11H,7,9-10H2,(H,22,25)/t11-/m1/s1. The molecule has 130 valence electrons. The molecule has 25 heavy (non-hydrogen) atoms. The number of rotatable bonds is 4. The second-order valence-corrected chi connectivity index (χ2v) is 6.73. The van der Waals surface area contributed by atoms with Crippen molar-refractivity contribution in [2.75, 3.05) is 18.0 Å². The number of benzene rings is 2. The first-order valence-electron chi connectivity index (χ1n) is 7.73. The zero-order valence-electron chi connectivity index (χ0n) is 13.1. The van der Waals surface area contributed by atoms with Gasteiger partial charge in [-0.1, -0.05) is 23.2 Å². The summed E-state index contributed by atoms with van der Waals surface area (Å²) in [4.78, 5) is 26.0. The van der Waals surface area contributed by atoms with E-state index in [-0.39, 0.29) is 28.6 Å². The summed E-state index contributed by atoms with van der Waals surface area (Å²) in [5.74, 6) is -0.726. The Balaban J connectivity index is 1.60. The van der Waals surface area contributed by atoms with E-state index >= 15 is 0 Å². The van der Waals surface area contributed by atoms with Gasteiger partial charge in [-0.25, -0.2) is 4.39 Å². The summed E-state index contributed by atoms with van der Waals surface area (Å²) in [7, 11) is 0. The van der Waals surface area contributed by atoms with Crippen LogP contribution in [-0.2, 0) is 4.79 Å². The summed E-state index contributed by atoms with van der Waals surface area (Å²) in [5, 5.41) is 3.53. The summed E-state index contributed by atoms with van der Waals surface area (Å²) >= 11 is 11.8. The van der Waals surface area contributed by atoms with Crippen molar-refractivity contribution in [2.45, 2.75) is 6.42 Å². The van der Waals surface area contributed by atoms with E-state index in [0.717, 1.165) is 0 Å². The highest BCUT2D eigenvalue weighted by Crippen LogP contribution is 2.25. The molecule has 2 aromatic rings. The molecule has 0 aliphatic carbocycles. The molecule has 1 atom stereocenters. The molecule has 7 heteroatoms. The highest BCUT2D eigenvalue weighted by atomic mass is 35.5. The Bertz CT molecular complexity index is 811. The maximum Gasteiger partial charge on any atom is 0.252 e. The average Bonchev–Trinajstić information content (AvgIpc) is 2.94. The topological polar surface area (TPSA) is 49.4 Å². The Hall–Kier alpha value is -2.11. The maximum absolute atomic E-state index is 13.0. The molecule has 0 bridgehead atoms. The number of nitrogens with one attached hydrogen (secondary N) is 1. The summed E-state index contributed by atoms with van der Waals surface area (Å²) in [6.07, 6.45) is 0.325. The first-order valence-corrected chi connectivity index (χ1v) is 8.49.